The molecule has 0 unspecified atom stereocenters. The first-order valence-corrected chi connectivity index (χ1v) is 5.18. The second-order valence-electron chi connectivity index (χ2n) is 3.84. The first-order chi connectivity index (χ1) is 7.25. The van der Waals surface area contributed by atoms with Crippen molar-refractivity contribution in [3.8, 4) is 0 Å². The molecule has 0 aliphatic heterocycles. The fourth-order valence-electron chi connectivity index (χ4n) is 2.01. The summed E-state index contributed by atoms with van der Waals surface area (Å²) < 4.78 is 0. The second-order valence-corrected chi connectivity index (χ2v) is 3.84. The average Bonchev–Trinajstić information content (AvgIpc) is 2.67. The maximum absolute atomic E-state index is 10.4. The molecule has 1 aromatic heterocycles. The molecule has 1 saturated carbocycles. The summed E-state index contributed by atoms with van der Waals surface area (Å²) in [7, 11) is 0. The maximum atomic E-state index is 10.4. The Kier molecular flexibility index (Phi) is 2.84. The van der Waals surface area contributed by atoms with Crippen LogP contribution < -0.4 is 5.43 Å². The van der Waals surface area contributed by atoms with E-state index in [0.29, 0.717) is 5.92 Å². The quantitative estimate of drug-likeness (QED) is 0.776. The van der Waals surface area contributed by atoms with Gasteiger partial charge >= 0.3 is 6.09 Å². The van der Waals surface area contributed by atoms with E-state index >= 15 is 0 Å². The fraction of sp³-hybridized carbons (Fsp3) is 0.667. The van der Waals surface area contributed by atoms with E-state index in [0.717, 1.165) is 23.3 Å². The van der Waals surface area contributed by atoms with Crippen LogP contribution in [0.15, 0.2) is 6.20 Å². The zero-order chi connectivity index (χ0) is 10.7. The SMILES string of the molecule is O=C(O)Nn1cc(C2CCCCC2)nn1. The third-order valence-corrected chi connectivity index (χ3v) is 2.74. The number of nitrogens with zero attached hydrogens (tertiary/aromatic N) is 3. The van der Waals surface area contributed by atoms with E-state index in [4.69, 9.17) is 5.11 Å². The molecule has 1 aliphatic carbocycles. The summed E-state index contributed by atoms with van der Waals surface area (Å²) in [6, 6.07) is 0. The number of amides is 1. The Morgan fingerprint density at radius 3 is 2.87 bits per heavy atom. The normalized spacial score (nSPS) is 17.6. The Labute approximate surface area is 87.3 Å². The van der Waals surface area contributed by atoms with Crippen molar-refractivity contribution in [2.24, 2.45) is 0 Å². The van der Waals surface area contributed by atoms with E-state index in [1.807, 2.05) is 0 Å². The minimum absolute atomic E-state index is 0.447. The van der Waals surface area contributed by atoms with Crippen LogP contribution in [0.4, 0.5) is 4.79 Å². The fourth-order valence-corrected chi connectivity index (χ4v) is 2.01. The van der Waals surface area contributed by atoms with E-state index in [1.165, 1.54) is 19.3 Å². The van der Waals surface area contributed by atoms with Crippen LogP contribution in [0.25, 0.3) is 0 Å². The Morgan fingerprint density at radius 2 is 2.20 bits per heavy atom. The maximum Gasteiger partial charge on any atom is 0.425 e. The van der Waals surface area contributed by atoms with Gasteiger partial charge in [0.25, 0.3) is 0 Å². The van der Waals surface area contributed by atoms with Gasteiger partial charge in [0.15, 0.2) is 0 Å². The molecular weight excluding hydrogens is 196 g/mol. The summed E-state index contributed by atoms with van der Waals surface area (Å²) in [5.74, 6) is 0.447. The molecule has 1 heterocycles. The molecule has 0 spiro atoms. The van der Waals surface area contributed by atoms with Gasteiger partial charge < -0.3 is 5.11 Å². The molecule has 6 nitrogen and oxygen atoms in total. The average molecular weight is 210 g/mol. The van der Waals surface area contributed by atoms with Crippen LogP contribution in [-0.4, -0.2) is 26.3 Å². The van der Waals surface area contributed by atoms with E-state index in [1.54, 1.807) is 6.20 Å². The van der Waals surface area contributed by atoms with Crippen molar-refractivity contribution in [2.45, 2.75) is 38.0 Å². The topological polar surface area (TPSA) is 80.0 Å². The zero-order valence-electron chi connectivity index (χ0n) is 8.39. The summed E-state index contributed by atoms with van der Waals surface area (Å²) >= 11 is 0. The van der Waals surface area contributed by atoms with Gasteiger partial charge in [0.2, 0.25) is 0 Å². The van der Waals surface area contributed by atoms with Crippen molar-refractivity contribution in [3.05, 3.63) is 11.9 Å². The van der Waals surface area contributed by atoms with Crippen LogP contribution in [0.1, 0.15) is 43.7 Å². The third-order valence-electron chi connectivity index (χ3n) is 2.74. The van der Waals surface area contributed by atoms with Crippen molar-refractivity contribution < 1.29 is 9.90 Å². The van der Waals surface area contributed by atoms with Crippen molar-refractivity contribution in [1.82, 2.24) is 15.1 Å². The predicted molar refractivity (Wildman–Crippen MR) is 53.2 cm³/mol. The van der Waals surface area contributed by atoms with Gasteiger partial charge in [0, 0.05) is 5.92 Å². The number of hydrogen-bond donors (Lipinski definition) is 2. The summed E-state index contributed by atoms with van der Waals surface area (Å²) in [6.45, 7) is 0. The Balaban J connectivity index is 2.02. The predicted octanol–water partition coefficient (Wildman–Crippen LogP) is 1.55. The zero-order valence-corrected chi connectivity index (χ0v) is 8.39. The van der Waals surface area contributed by atoms with Gasteiger partial charge in [-0.1, -0.05) is 19.3 Å². The van der Waals surface area contributed by atoms with Gasteiger partial charge in [-0.15, -0.1) is 5.10 Å². The van der Waals surface area contributed by atoms with Gasteiger partial charge in [-0.2, -0.15) is 4.79 Å². The number of carbonyl (C=O) groups is 1. The second kappa shape index (κ2) is 4.29. The Hall–Kier alpha value is -1.59. The highest BCUT2D eigenvalue weighted by molar-refractivity contribution is 5.73. The van der Waals surface area contributed by atoms with Gasteiger partial charge in [-0.25, -0.2) is 10.2 Å². The number of nitrogens with one attached hydrogen (secondary N) is 1. The van der Waals surface area contributed by atoms with Gasteiger partial charge in [-0.3, -0.25) is 0 Å². The summed E-state index contributed by atoms with van der Waals surface area (Å²) in [4.78, 5) is 11.5. The Bertz CT molecular complexity index is 344. The smallest absolute Gasteiger partial charge is 0.425 e. The molecule has 15 heavy (non-hydrogen) atoms. The van der Waals surface area contributed by atoms with Crippen molar-refractivity contribution >= 4 is 6.09 Å². The minimum Gasteiger partial charge on any atom is -0.464 e. The minimum atomic E-state index is -1.13. The molecule has 1 aromatic rings. The molecule has 0 aromatic carbocycles. The van der Waals surface area contributed by atoms with Crippen LogP contribution in [-0.2, 0) is 0 Å². The van der Waals surface area contributed by atoms with Crippen LogP contribution in [0.2, 0.25) is 0 Å². The van der Waals surface area contributed by atoms with E-state index in [-0.39, 0.29) is 0 Å². The molecule has 2 rings (SSSR count). The molecule has 6 heteroatoms. The first kappa shape index (κ1) is 9.95. The highest BCUT2D eigenvalue weighted by atomic mass is 16.4. The van der Waals surface area contributed by atoms with Crippen LogP contribution in [0.5, 0.6) is 0 Å². The lowest BCUT2D eigenvalue weighted by Gasteiger charge is -2.18. The summed E-state index contributed by atoms with van der Waals surface area (Å²) in [5, 5.41) is 16.2. The summed E-state index contributed by atoms with van der Waals surface area (Å²) in [6.07, 6.45) is 6.53. The van der Waals surface area contributed by atoms with Crippen LogP contribution >= 0.6 is 0 Å². The van der Waals surface area contributed by atoms with Gasteiger partial charge in [0.05, 0.1) is 11.9 Å². The standard InChI is InChI=1S/C9H14N4O2/c14-9(15)11-13-6-8(10-12-13)7-4-2-1-3-5-7/h6-7,11H,1-5H2,(H,14,15). The molecular formula is C9H14N4O2. The molecule has 1 amide bonds. The van der Waals surface area contributed by atoms with E-state index < -0.39 is 6.09 Å². The van der Waals surface area contributed by atoms with E-state index in [2.05, 4.69) is 15.7 Å². The number of hydrogen-bond acceptors (Lipinski definition) is 3. The lowest BCUT2D eigenvalue weighted by atomic mass is 9.87. The monoisotopic (exact) mass is 210 g/mol. The Morgan fingerprint density at radius 1 is 1.47 bits per heavy atom. The lowest BCUT2D eigenvalue weighted by molar-refractivity contribution is 0.205. The largest absolute Gasteiger partial charge is 0.464 e. The van der Waals surface area contributed by atoms with E-state index in [9.17, 15) is 4.79 Å². The van der Waals surface area contributed by atoms with Crippen LogP contribution in [0.3, 0.4) is 0 Å². The van der Waals surface area contributed by atoms with Crippen molar-refractivity contribution in [1.29, 1.82) is 0 Å². The highest BCUT2D eigenvalue weighted by Gasteiger charge is 2.18. The van der Waals surface area contributed by atoms with Crippen molar-refractivity contribution in [2.75, 3.05) is 5.43 Å². The number of rotatable bonds is 2. The highest BCUT2D eigenvalue weighted by Crippen LogP contribution is 2.30. The number of aromatic nitrogens is 3. The molecule has 82 valence electrons. The molecule has 0 atom stereocenters. The molecule has 0 saturated heterocycles. The molecule has 1 fully saturated rings. The van der Waals surface area contributed by atoms with Gasteiger partial charge in [0.1, 0.15) is 0 Å². The summed E-state index contributed by atoms with van der Waals surface area (Å²) in [5.41, 5.74) is 3.02. The van der Waals surface area contributed by atoms with Gasteiger partial charge in [-0.05, 0) is 18.1 Å². The molecule has 2 N–H and O–H groups in total. The van der Waals surface area contributed by atoms with Crippen molar-refractivity contribution in [3.63, 3.8) is 0 Å². The molecule has 0 bridgehead atoms. The lowest BCUT2D eigenvalue weighted by Crippen LogP contribution is -2.21. The number of carboxylic acid groups (broad SMARTS) is 1. The molecule has 0 radical (unpaired) electrons. The third kappa shape index (κ3) is 2.45. The van der Waals surface area contributed by atoms with Crippen LogP contribution in [0, 0.1) is 0 Å². The first-order valence-electron chi connectivity index (χ1n) is 5.18. The molecule has 1 aliphatic rings.